The van der Waals surface area contributed by atoms with Crippen LogP contribution in [0.3, 0.4) is 0 Å². The molecule has 0 aliphatic carbocycles. The third-order valence-electron chi connectivity index (χ3n) is 11.8. The Morgan fingerprint density at radius 1 is 0.919 bits per heavy atom. The van der Waals surface area contributed by atoms with Crippen LogP contribution in [0.1, 0.15) is 56.6 Å². The van der Waals surface area contributed by atoms with Crippen LogP contribution in [0.2, 0.25) is 0 Å². The standard InChI is InChI=1S/C41H48N2O19/c1-3-14-10-18(19(4-2)43-37(14)42)17-5-7-41(36(54)32(52)31(51)35(62-41)39(57)60-40-33(53)29(49)30(50)34(59-40)38(55)56)61-24-13-23-26(28(48)25(17)24)20(45)12-22(58-23)16-9-15(6-8-44)27(47)21(46)11-16/h9-13,17,29-37,40,43-44,46-54H,3-8,42H2,1-2H3,(H,55,56)/t17-,29+,30+,31+,32+,33-,34+,35+,36-,37?,40-,41+/m1/s1. The van der Waals surface area contributed by atoms with Gasteiger partial charge < -0.3 is 90.6 Å². The molecule has 5 heterocycles. The number of hydrogen-bond acceptors (Lipinski definition) is 20. The number of nitrogens with two attached hydrogens (primary N) is 1. The van der Waals surface area contributed by atoms with Gasteiger partial charge in [-0.15, -0.1) is 0 Å². The fourth-order valence-electron chi connectivity index (χ4n) is 8.50. The molecule has 4 aliphatic heterocycles. The van der Waals surface area contributed by atoms with E-state index in [-0.39, 0.29) is 52.0 Å². The Morgan fingerprint density at radius 2 is 1.63 bits per heavy atom. The molecule has 3 aromatic rings. The summed E-state index contributed by atoms with van der Waals surface area (Å²) in [5.74, 6) is -8.88. The summed E-state index contributed by atoms with van der Waals surface area (Å²) in [7, 11) is 0. The predicted octanol–water partition coefficient (Wildman–Crippen LogP) is -1.13. The summed E-state index contributed by atoms with van der Waals surface area (Å²) in [5, 5.41) is 120. The smallest absolute Gasteiger partial charge is 0.340 e. The lowest BCUT2D eigenvalue weighted by Gasteiger charge is -2.47. The maximum atomic E-state index is 14.0. The van der Waals surface area contributed by atoms with Gasteiger partial charge in [-0.25, -0.2) is 9.59 Å². The normalized spacial score (nSPS) is 32.4. The quantitative estimate of drug-likeness (QED) is 0.0893. The molecule has 2 aromatic carbocycles. The number of hydrogen-bond donors (Lipinski definition) is 13. The van der Waals surface area contributed by atoms with Gasteiger partial charge in [-0.1, -0.05) is 19.9 Å². The number of phenolic OH excluding ortho intramolecular Hbond substituents is 3. The van der Waals surface area contributed by atoms with Crippen LogP contribution in [-0.2, 0) is 30.2 Å². The number of aliphatic carboxylic acids is 1. The molecule has 1 aromatic heterocycles. The van der Waals surface area contributed by atoms with Crippen LogP contribution in [0, 0.1) is 0 Å². The van der Waals surface area contributed by atoms with E-state index in [1.54, 1.807) is 0 Å². The minimum atomic E-state index is -2.49. The van der Waals surface area contributed by atoms with Crippen molar-refractivity contribution in [2.75, 3.05) is 6.61 Å². The van der Waals surface area contributed by atoms with Gasteiger partial charge in [-0.2, -0.15) is 0 Å². The number of fused-ring (bicyclic) bond motifs is 2. The largest absolute Gasteiger partial charge is 0.507 e. The lowest BCUT2D eigenvalue weighted by atomic mass is 9.80. The molecule has 21 heteroatoms. The first-order chi connectivity index (χ1) is 29.4. The van der Waals surface area contributed by atoms with Crippen LogP contribution >= 0.6 is 0 Å². The summed E-state index contributed by atoms with van der Waals surface area (Å²) in [6.45, 7) is 3.35. The monoisotopic (exact) mass is 872 g/mol. The van der Waals surface area contributed by atoms with Crippen LogP contribution in [0.15, 0.2) is 56.4 Å². The third-order valence-corrected chi connectivity index (χ3v) is 11.8. The number of aromatic hydroxyl groups is 3. The zero-order chi connectivity index (χ0) is 45.1. The molecule has 0 radical (unpaired) electrons. The lowest BCUT2D eigenvalue weighted by Crippen LogP contribution is -2.68. The maximum Gasteiger partial charge on any atom is 0.340 e. The molecule has 2 saturated heterocycles. The number of carboxylic acid groups (broad SMARTS) is 1. The van der Waals surface area contributed by atoms with Gasteiger partial charge >= 0.3 is 11.9 Å². The first kappa shape index (κ1) is 44.7. The predicted molar refractivity (Wildman–Crippen MR) is 209 cm³/mol. The second-order valence-electron chi connectivity index (χ2n) is 15.6. The molecule has 7 rings (SSSR count). The highest BCUT2D eigenvalue weighted by Gasteiger charge is 2.60. The van der Waals surface area contributed by atoms with Gasteiger partial charge in [0.25, 0.3) is 0 Å². The van der Waals surface area contributed by atoms with E-state index in [1.807, 2.05) is 19.9 Å². The number of nitrogens with one attached hydrogen (secondary N) is 1. The van der Waals surface area contributed by atoms with Crippen LogP contribution in [0.5, 0.6) is 23.0 Å². The number of allylic oxidation sites excluding steroid dienone is 3. The second-order valence-corrected chi connectivity index (χ2v) is 15.6. The highest BCUT2D eigenvalue weighted by atomic mass is 16.8. The number of aliphatic hydroxyl groups is 7. The molecule has 2 fully saturated rings. The third kappa shape index (κ3) is 7.63. The van der Waals surface area contributed by atoms with E-state index >= 15 is 0 Å². The molecule has 0 bridgehead atoms. The number of carboxylic acids is 1. The van der Waals surface area contributed by atoms with Crippen molar-refractivity contribution in [2.45, 2.75) is 119 Å². The Bertz CT molecular complexity index is 2380. The molecule has 14 N–H and O–H groups in total. The minimum Gasteiger partial charge on any atom is -0.507 e. The van der Waals surface area contributed by atoms with E-state index in [0.29, 0.717) is 24.1 Å². The Kier molecular flexibility index (Phi) is 12.3. The van der Waals surface area contributed by atoms with Gasteiger partial charge in [-0.3, -0.25) is 4.79 Å². The Morgan fingerprint density at radius 3 is 2.29 bits per heavy atom. The van der Waals surface area contributed by atoms with Crippen LogP contribution in [-0.4, -0.2) is 142 Å². The average Bonchev–Trinajstić information content (AvgIpc) is 3.40. The number of aliphatic hydroxyl groups excluding tert-OH is 7. The average molecular weight is 873 g/mol. The van der Waals surface area contributed by atoms with Gasteiger partial charge in [0.1, 0.15) is 64.9 Å². The van der Waals surface area contributed by atoms with Gasteiger partial charge in [0, 0.05) is 53.5 Å². The molecule has 62 heavy (non-hydrogen) atoms. The van der Waals surface area contributed by atoms with Crippen LogP contribution in [0.4, 0.5) is 0 Å². The minimum absolute atomic E-state index is 0.00613. The van der Waals surface area contributed by atoms with Crippen molar-refractivity contribution >= 4 is 22.9 Å². The van der Waals surface area contributed by atoms with Crippen molar-refractivity contribution in [3.63, 3.8) is 0 Å². The van der Waals surface area contributed by atoms with Crippen molar-refractivity contribution < 1.29 is 89.1 Å². The molecular formula is C41H48N2O19. The molecule has 1 unspecified atom stereocenters. The number of rotatable bonds is 9. The number of phenols is 3. The highest BCUT2D eigenvalue weighted by Crippen LogP contribution is 2.52. The van der Waals surface area contributed by atoms with Gasteiger partial charge in [-0.05, 0) is 49.0 Å². The van der Waals surface area contributed by atoms with E-state index < -0.39 is 121 Å². The van der Waals surface area contributed by atoms with Crippen molar-refractivity contribution in [1.29, 1.82) is 0 Å². The van der Waals surface area contributed by atoms with E-state index in [1.165, 1.54) is 12.1 Å². The van der Waals surface area contributed by atoms with Gasteiger partial charge in [0.2, 0.25) is 12.1 Å². The Labute approximate surface area is 351 Å². The summed E-state index contributed by atoms with van der Waals surface area (Å²) in [4.78, 5) is 39.4. The molecular weight excluding hydrogens is 824 g/mol. The number of benzene rings is 2. The fraction of sp³-hybridized carbons (Fsp3) is 0.488. The molecule has 336 valence electrons. The zero-order valence-corrected chi connectivity index (χ0v) is 33.2. The first-order valence-corrected chi connectivity index (χ1v) is 19.9. The highest BCUT2D eigenvalue weighted by molar-refractivity contribution is 5.89. The second kappa shape index (κ2) is 17.1. The number of carbonyl (C=O) groups excluding carboxylic acids is 1. The number of carbonyl (C=O) groups is 2. The summed E-state index contributed by atoms with van der Waals surface area (Å²) in [5.41, 5.74) is 7.59. The van der Waals surface area contributed by atoms with E-state index in [0.717, 1.165) is 17.7 Å². The Hall–Kier alpha value is -5.33. The van der Waals surface area contributed by atoms with E-state index in [4.69, 9.17) is 29.1 Å². The van der Waals surface area contributed by atoms with E-state index in [2.05, 4.69) is 5.32 Å². The number of dihydropyridines is 1. The molecule has 21 nitrogen and oxygen atoms in total. The molecule has 0 saturated carbocycles. The number of ether oxygens (including phenoxy) is 4. The van der Waals surface area contributed by atoms with Crippen molar-refractivity contribution in [3.8, 4) is 34.3 Å². The Balaban J connectivity index is 1.37. The lowest BCUT2D eigenvalue weighted by molar-refractivity contribution is -0.338. The molecule has 4 aliphatic rings. The topological polar surface area (TPSA) is 362 Å². The fourth-order valence-corrected chi connectivity index (χ4v) is 8.50. The van der Waals surface area contributed by atoms with Crippen molar-refractivity contribution in [2.24, 2.45) is 5.73 Å². The molecule has 1 spiro atoms. The van der Waals surface area contributed by atoms with Crippen LogP contribution < -0.4 is 21.2 Å². The van der Waals surface area contributed by atoms with Crippen LogP contribution in [0.25, 0.3) is 22.3 Å². The summed E-state index contributed by atoms with van der Waals surface area (Å²) in [6, 6.07) is 4.74. The summed E-state index contributed by atoms with van der Waals surface area (Å²) >= 11 is 0. The summed E-state index contributed by atoms with van der Waals surface area (Å²) < 4.78 is 28.8. The van der Waals surface area contributed by atoms with Gasteiger partial charge in [0.05, 0.1) is 6.17 Å². The zero-order valence-electron chi connectivity index (χ0n) is 33.2. The molecule has 12 atom stereocenters. The SMILES string of the molecule is CCC1=CC([C@H]2CC[C@]3(Oc4cc5oc(-c6cc(O)c(O)c(CCO)c6)cc(=O)c5c(O)c42)O[C@H](C(=O)O[C@H]2O[C@H](C(=O)O)[C@@H](O)[C@H](O)[C@H]2O)[C@@H](O)[C@H](O)[C@H]3O)=C(CC)NC1N. The summed E-state index contributed by atoms with van der Waals surface area (Å²) in [6.07, 6.45) is -18.2. The molecule has 0 amide bonds. The van der Waals surface area contributed by atoms with Crippen molar-refractivity contribution in [1.82, 2.24) is 5.32 Å². The van der Waals surface area contributed by atoms with E-state index in [9.17, 15) is 70.6 Å². The van der Waals surface area contributed by atoms with Crippen molar-refractivity contribution in [3.05, 3.63) is 68.5 Å². The van der Waals surface area contributed by atoms with Gasteiger partial charge in [0.15, 0.2) is 29.1 Å². The first-order valence-electron chi connectivity index (χ1n) is 19.9. The maximum absolute atomic E-state index is 14.0. The number of esters is 1.